The Morgan fingerprint density at radius 1 is 1.13 bits per heavy atom. The summed E-state index contributed by atoms with van der Waals surface area (Å²) in [6.45, 7) is 8.00. The Morgan fingerprint density at radius 3 is 1.87 bits per heavy atom. The van der Waals surface area contributed by atoms with Gasteiger partial charge in [-0.1, -0.05) is 65.0 Å². The zero-order chi connectivity index (χ0) is 12.5. The molecule has 0 aliphatic rings. The van der Waals surface area contributed by atoms with Crippen molar-refractivity contribution in [2.75, 3.05) is 0 Å². The fourth-order valence-electron chi connectivity index (χ4n) is 0.696. The van der Waals surface area contributed by atoms with Gasteiger partial charge in [0.1, 0.15) is 0 Å². The highest BCUT2D eigenvalue weighted by atomic mass is 79.9. The molecule has 1 aromatic rings. The lowest BCUT2D eigenvalue weighted by Gasteiger charge is -2.09. The molecule has 1 atom stereocenters. The summed E-state index contributed by atoms with van der Waals surface area (Å²) >= 11 is 3.11. The standard InChI is InChI=1S/C7H6BrF2P.2C2H6/c8-6-3-1-2-5(4-6)7(9,10)11;2*1-2/h1-4H,11H2;2*1-2H3. The molecule has 88 valence electrons. The zero-order valence-electron chi connectivity index (χ0n) is 9.52. The van der Waals surface area contributed by atoms with Gasteiger partial charge in [0.05, 0.1) is 0 Å². The SMILES string of the molecule is CC.CC.FC(F)(P)c1cccc(Br)c1. The van der Waals surface area contributed by atoms with Crippen LogP contribution in [0.15, 0.2) is 28.7 Å². The van der Waals surface area contributed by atoms with Gasteiger partial charge in [-0.05, 0) is 12.1 Å². The third kappa shape index (κ3) is 7.87. The van der Waals surface area contributed by atoms with Crippen LogP contribution in [0.2, 0.25) is 0 Å². The number of rotatable bonds is 1. The molecule has 0 aliphatic heterocycles. The minimum Gasteiger partial charge on any atom is -0.197 e. The fourth-order valence-corrected chi connectivity index (χ4v) is 1.27. The van der Waals surface area contributed by atoms with E-state index in [0.717, 1.165) is 0 Å². The molecule has 0 N–H and O–H groups in total. The van der Waals surface area contributed by atoms with Crippen LogP contribution in [0.1, 0.15) is 33.3 Å². The van der Waals surface area contributed by atoms with Gasteiger partial charge in [0, 0.05) is 10.0 Å². The van der Waals surface area contributed by atoms with Crippen molar-refractivity contribution >= 4 is 25.2 Å². The normalized spacial score (nSPS) is 9.33. The Balaban J connectivity index is 0. The lowest BCUT2D eigenvalue weighted by Crippen LogP contribution is -2.01. The molecule has 0 spiro atoms. The molecule has 1 rings (SSSR count). The molecular formula is C11H18BrF2P. The van der Waals surface area contributed by atoms with Gasteiger partial charge in [0.25, 0.3) is 5.66 Å². The summed E-state index contributed by atoms with van der Waals surface area (Å²) in [4.78, 5) is 0. The Kier molecular flexibility index (Phi) is 10.7. The van der Waals surface area contributed by atoms with Crippen molar-refractivity contribution in [3.63, 3.8) is 0 Å². The largest absolute Gasteiger partial charge is 0.283 e. The van der Waals surface area contributed by atoms with E-state index >= 15 is 0 Å². The van der Waals surface area contributed by atoms with E-state index in [1.807, 2.05) is 27.7 Å². The van der Waals surface area contributed by atoms with E-state index in [9.17, 15) is 8.78 Å². The van der Waals surface area contributed by atoms with Crippen molar-refractivity contribution < 1.29 is 8.78 Å². The summed E-state index contributed by atoms with van der Waals surface area (Å²) in [5, 5.41) is 0. The number of benzene rings is 1. The molecule has 0 nitrogen and oxygen atoms in total. The number of halogens is 3. The molecule has 4 heteroatoms. The van der Waals surface area contributed by atoms with E-state index in [1.54, 1.807) is 12.1 Å². The Labute approximate surface area is 102 Å². The lowest BCUT2D eigenvalue weighted by molar-refractivity contribution is 0.104. The summed E-state index contributed by atoms with van der Waals surface area (Å²) in [5.41, 5.74) is -2.83. The number of alkyl halides is 2. The van der Waals surface area contributed by atoms with Crippen molar-refractivity contribution in [2.45, 2.75) is 33.4 Å². The second kappa shape index (κ2) is 9.23. The van der Waals surface area contributed by atoms with E-state index in [2.05, 4.69) is 15.9 Å². The molecule has 0 fully saturated rings. The van der Waals surface area contributed by atoms with Crippen molar-refractivity contribution in [2.24, 2.45) is 0 Å². The Hall–Kier alpha value is -0.0100. The van der Waals surface area contributed by atoms with Crippen LogP contribution < -0.4 is 0 Å². The maximum Gasteiger partial charge on any atom is 0.283 e. The third-order valence-corrected chi connectivity index (χ3v) is 2.04. The molecule has 0 amide bonds. The maximum atomic E-state index is 12.6. The molecular weight excluding hydrogens is 281 g/mol. The van der Waals surface area contributed by atoms with Crippen molar-refractivity contribution in [3.05, 3.63) is 34.3 Å². The first-order valence-corrected chi connectivity index (χ1v) is 6.30. The number of hydrogen-bond donors (Lipinski definition) is 0. The van der Waals surface area contributed by atoms with Gasteiger partial charge < -0.3 is 0 Å². The van der Waals surface area contributed by atoms with Gasteiger partial charge in [0.15, 0.2) is 0 Å². The van der Waals surface area contributed by atoms with Crippen LogP contribution in [0.5, 0.6) is 0 Å². The van der Waals surface area contributed by atoms with E-state index in [0.29, 0.717) is 4.47 Å². The average Bonchev–Trinajstić information content (AvgIpc) is 2.23. The first-order valence-electron chi connectivity index (χ1n) is 4.93. The zero-order valence-corrected chi connectivity index (χ0v) is 12.3. The molecule has 0 saturated carbocycles. The van der Waals surface area contributed by atoms with E-state index in [4.69, 9.17) is 0 Å². The van der Waals surface area contributed by atoms with Crippen LogP contribution >= 0.6 is 25.2 Å². The minimum absolute atomic E-state index is 0.00289. The summed E-state index contributed by atoms with van der Waals surface area (Å²) < 4.78 is 25.8. The Morgan fingerprint density at radius 2 is 1.60 bits per heavy atom. The van der Waals surface area contributed by atoms with Crippen LogP contribution in [0.25, 0.3) is 0 Å². The third-order valence-electron chi connectivity index (χ3n) is 1.21. The summed E-state index contributed by atoms with van der Waals surface area (Å²) in [5.74, 6) is 0. The topological polar surface area (TPSA) is 0 Å². The van der Waals surface area contributed by atoms with Gasteiger partial charge in [-0.2, -0.15) is 8.78 Å². The second-order valence-electron chi connectivity index (χ2n) is 2.13. The first-order chi connectivity index (χ1) is 7.00. The predicted octanol–water partition coefficient (Wildman–Crippen LogP) is 5.43. The van der Waals surface area contributed by atoms with Gasteiger partial charge in [-0.15, -0.1) is 0 Å². The van der Waals surface area contributed by atoms with E-state index in [1.165, 1.54) is 21.4 Å². The first kappa shape index (κ1) is 17.4. The molecule has 0 aromatic heterocycles. The molecule has 1 unspecified atom stereocenters. The molecule has 0 bridgehead atoms. The molecule has 0 saturated heterocycles. The van der Waals surface area contributed by atoms with Crippen molar-refractivity contribution in [3.8, 4) is 0 Å². The molecule has 0 radical (unpaired) electrons. The van der Waals surface area contributed by atoms with Crippen LogP contribution in [-0.2, 0) is 5.66 Å². The molecule has 0 heterocycles. The van der Waals surface area contributed by atoms with Gasteiger partial charge in [0.2, 0.25) is 0 Å². The lowest BCUT2D eigenvalue weighted by atomic mass is 10.2. The summed E-state index contributed by atoms with van der Waals surface area (Å²) in [6, 6.07) is 6.07. The van der Waals surface area contributed by atoms with Gasteiger partial charge in [-0.3, -0.25) is 0 Å². The highest BCUT2D eigenvalue weighted by Crippen LogP contribution is 2.35. The highest BCUT2D eigenvalue weighted by Gasteiger charge is 2.23. The summed E-state index contributed by atoms with van der Waals surface area (Å²) in [6.07, 6.45) is 0. The molecule has 1 aromatic carbocycles. The molecule has 15 heavy (non-hydrogen) atoms. The van der Waals surface area contributed by atoms with Crippen LogP contribution in [-0.4, -0.2) is 0 Å². The highest BCUT2D eigenvalue weighted by molar-refractivity contribution is 9.10. The minimum atomic E-state index is -2.83. The number of hydrogen-bond acceptors (Lipinski definition) is 0. The predicted molar refractivity (Wildman–Crippen MR) is 70.4 cm³/mol. The van der Waals surface area contributed by atoms with Crippen LogP contribution in [0.3, 0.4) is 0 Å². The smallest absolute Gasteiger partial charge is 0.197 e. The van der Waals surface area contributed by atoms with E-state index in [-0.39, 0.29) is 5.56 Å². The molecule has 0 aliphatic carbocycles. The summed E-state index contributed by atoms with van der Waals surface area (Å²) in [7, 11) is 1.50. The Bertz CT molecular complexity index is 259. The fraction of sp³-hybridized carbons (Fsp3) is 0.455. The quantitative estimate of drug-likeness (QED) is 0.607. The maximum absolute atomic E-state index is 12.6. The second-order valence-corrected chi connectivity index (χ2v) is 3.77. The van der Waals surface area contributed by atoms with Gasteiger partial charge in [-0.25, -0.2) is 0 Å². The van der Waals surface area contributed by atoms with Crippen molar-refractivity contribution in [1.82, 2.24) is 0 Å². The van der Waals surface area contributed by atoms with Crippen LogP contribution in [0, 0.1) is 0 Å². The van der Waals surface area contributed by atoms with Gasteiger partial charge >= 0.3 is 0 Å². The monoisotopic (exact) mass is 298 g/mol. The van der Waals surface area contributed by atoms with Crippen molar-refractivity contribution in [1.29, 1.82) is 0 Å². The van der Waals surface area contributed by atoms with Crippen LogP contribution in [0.4, 0.5) is 8.78 Å². The average molecular weight is 299 g/mol. The van der Waals surface area contributed by atoms with E-state index < -0.39 is 5.66 Å².